The van der Waals surface area contributed by atoms with Crippen molar-refractivity contribution >= 4 is 5.52 Å². The summed E-state index contributed by atoms with van der Waals surface area (Å²) in [5.41, 5.74) is 2.69. The standard InChI is InChI=1S/C16H17N3O3/c1-3-20-16-15-12(2)14(9-19(15)18-11-17-16)22-21-10-13-7-5-4-6-8-13/h4-9,11H,3,10H2,1-2H3. The molecule has 2 heterocycles. The van der Waals surface area contributed by atoms with Crippen LogP contribution in [-0.4, -0.2) is 21.2 Å². The molecular weight excluding hydrogens is 282 g/mol. The first-order chi connectivity index (χ1) is 10.8. The number of hydrogen-bond donors (Lipinski definition) is 0. The summed E-state index contributed by atoms with van der Waals surface area (Å²) in [7, 11) is 0. The van der Waals surface area contributed by atoms with Crippen molar-refractivity contribution in [1.82, 2.24) is 14.6 Å². The first-order valence-electron chi connectivity index (χ1n) is 7.08. The maximum absolute atomic E-state index is 5.52. The summed E-state index contributed by atoms with van der Waals surface area (Å²) >= 11 is 0. The topological polar surface area (TPSA) is 57.9 Å². The molecule has 0 amide bonds. The average Bonchev–Trinajstić information content (AvgIpc) is 2.86. The minimum absolute atomic E-state index is 0.371. The molecule has 0 N–H and O–H groups in total. The van der Waals surface area contributed by atoms with Crippen molar-refractivity contribution in [2.24, 2.45) is 0 Å². The van der Waals surface area contributed by atoms with Gasteiger partial charge in [-0.15, -0.1) is 0 Å². The Morgan fingerprint density at radius 1 is 1.18 bits per heavy atom. The Kier molecular flexibility index (Phi) is 4.20. The van der Waals surface area contributed by atoms with Gasteiger partial charge in [-0.2, -0.15) is 15.0 Å². The quantitative estimate of drug-likeness (QED) is 0.517. The largest absolute Gasteiger partial charge is 0.476 e. The Balaban J connectivity index is 1.77. The van der Waals surface area contributed by atoms with Crippen LogP contribution < -0.4 is 9.62 Å². The van der Waals surface area contributed by atoms with Crippen molar-refractivity contribution in [2.45, 2.75) is 20.5 Å². The van der Waals surface area contributed by atoms with Crippen molar-refractivity contribution in [3.05, 3.63) is 54.0 Å². The van der Waals surface area contributed by atoms with Crippen LogP contribution in [0.5, 0.6) is 11.6 Å². The summed E-state index contributed by atoms with van der Waals surface area (Å²) in [6.07, 6.45) is 3.20. The third kappa shape index (κ3) is 2.87. The summed E-state index contributed by atoms with van der Waals surface area (Å²) < 4.78 is 7.19. The molecule has 114 valence electrons. The van der Waals surface area contributed by atoms with Crippen LogP contribution in [-0.2, 0) is 11.5 Å². The zero-order valence-electron chi connectivity index (χ0n) is 12.5. The normalized spacial score (nSPS) is 10.8. The molecule has 3 aromatic rings. The molecule has 0 atom stereocenters. The van der Waals surface area contributed by atoms with Gasteiger partial charge in [-0.1, -0.05) is 30.3 Å². The third-order valence-electron chi connectivity index (χ3n) is 3.25. The van der Waals surface area contributed by atoms with E-state index < -0.39 is 0 Å². The van der Waals surface area contributed by atoms with Gasteiger partial charge in [0.15, 0.2) is 5.75 Å². The molecule has 2 aromatic heterocycles. The molecule has 0 spiro atoms. The highest BCUT2D eigenvalue weighted by Gasteiger charge is 2.15. The van der Waals surface area contributed by atoms with E-state index in [4.69, 9.17) is 14.5 Å². The second-order valence-electron chi connectivity index (χ2n) is 4.74. The minimum atomic E-state index is 0.371. The van der Waals surface area contributed by atoms with E-state index in [9.17, 15) is 0 Å². The maximum Gasteiger partial charge on any atom is 0.241 e. The lowest BCUT2D eigenvalue weighted by Gasteiger charge is -2.05. The van der Waals surface area contributed by atoms with Crippen LogP contribution in [0, 0.1) is 6.92 Å². The zero-order chi connectivity index (χ0) is 15.4. The van der Waals surface area contributed by atoms with Gasteiger partial charge in [0, 0.05) is 5.56 Å². The van der Waals surface area contributed by atoms with Crippen molar-refractivity contribution in [2.75, 3.05) is 6.61 Å². The van der Waals surface area contributed by atoms with Crippen LogP contribution in [0.25, 0.3) is 5.52 Å². The molecule has 1 aromatic carbocycles. The van der Waals surface area contributed by atoms with E-state index in [1.54, 1.807) is 10.7 Å². The van der Waals surface area contributed by atoms with E-state index in [1.165, 1.54) is 6.33 Å². The zero-order valence-corrected chi connectivity index (χ0v) is 12.5. The summed E-state index contributed by atoms with van der Waals surface area (Å²) in [6.45, 7) is 4.74. The highest BCUT2D eigenvalue weighted by atomic mass is 17.2. The van der Waals surface area contributed by atoms with Crippen molar-refractivity contribution in [3.8, 4) is 11.6 Å². The Morgan fingerprint density at radius 2 is 2.00 bits per heavy atom. The molecule has 0 bridgehead atoms. The van der Waals surface area contributed by atoms with E-state index >= 15 is 0 Å². The average molecular weight is 299 g/mol. The molecule has 6 nitrogen and oxygen atoms in total. The monoisotopic (exact) mass is 299 g/mol. The predicted octanol–water partition coefficient (Wildman–Crippen LogP) is 2.95. The molecule has 0 unspecified atom stereocenters. The van der Waals surface area contributed by atoms with Crippen LogP contribution in [0.3, 0.4) is 0 Å². The molecule has 0 aliphatic rings. The Labute approximate surface area is 128 Å². The number of ether oxygens (including phenoxy) is 1. The lowest BCUT2D eigenvalue weighted by atomic mass is 10.2. The summed E-state index contributed by atoms with van der Waals surface area (Å²) in [4.78, 5) is 14.9. The fourth-order valence-electron chi connectivity index (χ4n) is 2.17. The minimum Gasteiger partial charge on any atom is -0.476 e. The molecule has 0 saturated heterocycles. The summed E-state index contributed by atoms with van der Waals surface area (Å²) in [5, 5.41) is 4.16. The molecule has 0 aliphatic heterocycles. The molecule has 3 rings (SSSR count). The van der Waals surface area contributed by atoms with Gasteiger partial charge in [-0.05, 0) is 19.4 Å². The number of benzene rings is 1. The van der Waals surface area contributed by atoms with E-state index in [0.717, 1.165) is 16.6 Å². The Morgan fingerprint density at radius 3 is 2.77 bits per heavy atom. The fourth-order valence-corrected chi connectivity index (χ4v) is 2.17. The van der Waals surface area contributed by atoms with Gasteiger partial charge >= 0.3 is 0 Å². The van der Waals surface area contributed by atoms with Gasteiger partial charge in [-0.3, -0.25) is 0 Å². The van der Waals surface area contributed by atoms with Gasteiger partial charge < -0.3 is 9.62 Å². The molecular formula is C16H17N3O3. The van der Waals surface area contributed by atoms with Crippen molar-refractivity contribution < 1.29 is 14.5 Å². The lowest BCUT2D eigenvalue weighted by Crippen LogP contribution is -2.00. The molecule has 6 heteroatoms. The first-order valence-corrected chi connectivity index (χ1v) is 7.08. The second kappa shape index (κ2) is 6.44. The van der Waals surface area contributed by atoms with E-state index in [-0.39, 0.29) is 0 Å². The number of fused-ring (bicyclic) bond motifs is 1. The maximum atomic E-state index is 5.52. The molecule has 0 fully saturated rings. The summed E-state index contributed by atoms with van der Waals surface area (Å²) in [5.74, 6) is 1.13. The molecule has 22 heavy (non-hydrogen) atoms. The summed E-state index contributed by atoms with van der Waals surface area (Å²) in [6, 6.07) is 9.83. The molecule has 0 saturated carbocycles. The van der Waals surface area contributed by atoms with E-state index in [0.29, 0.717) is 24.8 Å². The van der Waals surface area contributed by atoms with Crippen LogP contribution in [0.15, 0.2) is 42.9 Å². The smallest absolute Gasteiger partial charge is 0.241 e. The molecule has 0 radical (unpaired) electrons. The third-order valence-corrected chi connectivity index (χ3v) is 3.25. The van der Waals surface area contributed by atoms with Gasteiger partial charge in [0.1, 0.15) is 18.5 Å². The SMILES string of the molecule is CCOc1ncnn2cc(OOCc3ccccc3)c(C)c12. The highest BCUT2D eigenvalue weighted by molar-refractivity contribution is 5.66. The van der Waals surface area contributed by atoms with Crippen LogP contribution in [0.2, 0.25) is 0 Å². The van der Waals surface area contributed by atoms with Gasteiger partial charge in [-0.25, -0.2) is 4.52 Å². The van der Waals surface area contributed by atoms with Crippen LogP contribution >= 0.6 is 0 Å². The number of hydrogen-bond acceptors (Lipinski definition) is 5. The first kappa shape index (κ1) is 14.3. The number of rotatable bonds is 6. The van der Waals surface area contributed by atoms with Crippen LogP contribution in [0.4, 0.5) is 0 Å². The van der Waals surface area contributed by atoms with Gasteiger partial charge in [0.2, 0.25) is 5.88 Å². The van der Waals surface area contributed by atoms with Crippen LogP contribution in [0.1, 0.15) is 18.1 Å². The predicted molar refractivity (Wildman–Crippen MR) is 80.8 cm³/mol. The van der Waals surface area contributed by atoms with Crippen molar-refractivity contribution in [1.29, 1.82) is 0 Å². The Bertz CT molecular complexity index is 756. The second-order valence-corrected chi connectivity index (χ2v) is 4.74. The molecule has 0 aliphatic carbocycles. The van der Waals surface area contributed by atoms with E-state index in [2.05, 4.69) is 10.1 Å². The highest BCUT2D eigenvalue weighted by Crippen LogP contribution is 2.29. The van der Waals surface area contributed by atoms with Gasteiger partial charge in [0.05, 0.1) is 12.8 Å². The fraction of sp³-hybridized carbons (Fsp3) is 0.250. The lowest BCUT2D eigenvalue weighted by molar-refractivity contribution is -0.217. The van der Waals surface area contributed by atoms with Gasteiger partial charge in [0.25, 0.3) is 0 Å². The number of nitrogens with zero attached hydrogens (tertiary/aromatic N) is 3. The number of aryl methyl sites for hydroxylation is 1. The van der Waals surface area contributed by atoms with Crippen molar-refractivity contribution in [3.63, 3.8) is 0 Å². The Hall–Kier alpha value is -2.60. The number of aromatic nitrogens is 3. The van der Waals surface area contributed by atoms with E-state index in [1.807, 2.05) is 44.2 Å².